The molecule has 118 valence electrons. The average Bonchev–Trinajstić information content (AvgIpc) is 2.91. The lowest BCUT2D eigenvalue weighted by molar-refractivity contribution is 0.0595. The van der Waals surface area contributed by atoms with Crippen molar-refractivity contribution in [3.8, 4) is 0 Å². The Morgan fingerprint density at radius 3 is 2.78 bits per heavy atom. The van der Waals surface area contributed by atoms with E-state index < -0.39 is 11.8 Å². The molecule has 0 atom stereocenters. The van der Waals surface area contributed by atoms with Crippen molar-refractivity contribution >= 4 is 40.1 Å². The van der Waals surface area contributed by atoms with Crippen LogP contribution in [0.4, 0.5) is 4.39 Å². The number of hydrogen-bond donors (Lipinski definition) is 0. The molecular weight excluding hydrogens is 340 g/mol. The van der Waals surface area contributed by atoms with Gasteiger partial charge < -0.3 is 9.30 Å². The SMILES string of the molecule is COC(=O)c1cccc(Cn2ccc3cc(Cl)cc(Cl)c32)c1F. The van der Waals surface area contributed by atoms with Crippen molar-refractivity contribution in [3.63, 3.8) is 0 Å². The number of methoxy groups -OCH3 is 1. The molecule has 3 rings (SSSR count). The fourth-order valence-corrected chi connectivity index (χ4v) is 3.16. The van der Waals surface area contributed by atoms with E-state index in [0.29, 0.717) is 15.6 Å². The zero-order valence-corrected chi connectivity index (χ0v) is 13.7. The molecule has 0 saturated carbocycles. The van der Waals surface area contributed by atoms with Gasteiger partial charge in [-0.25, -0.2) is 9.18 Å². The van der Waals surface area contributed by atoms with E-state index in [-0.39, 0.29) is 12.1 Å². The van der Waals surface area contributed by atoms with Crippen molar-refractivity contribution in [1.29, 1.82) is 0 Å². The summed E-state index contributed by atoms with van der Waals surface area (Å²) in [6, 6.07) is 9.93. The first kappa shape index (κ1) is 15.8. The van der Waals surface area contributed by atoms with Crippen LogP contribution in [0.25, 0.3) is 10.9 Å². The summed E-state index contributed by atoms with van der Waals surface area (Å²) in [6.07, 6.45) is 1.80. The van der Waals surface area contributed by atoms with Gasteiger partial charge in [0.2, 0.25) is 0 Å². The lowest BCUT2D eigenvalue weighted by Crippen LogP contribution is -2.08. The molecule has 23 heavy (non-hydrogen) atoms. The van der Waals surface area contributed by atoms with Crippen LogP contribution in [0.2, 0.25) is 10.0 Å². The quantitative estimate of drug-likeness (QED) is 0.627. The summed E-state index contributed by atoms with van der Waals surface area (Å²) in [6.45, 7) is 0.238. The Hall–Kier alpha value is -2.04. The van der Waals surface area contributed by atoms with E-state index in [4.69, 9.17) is 23.2 Å². The number of esters is 1. The van der Waals surface area contributed by atoms with Crippen LogP contribution in [0.5, 0.6) is 0 Å². The first-order valence-electron chi connectivity index (χ1n) is 6.81. The summed E-state index contributed by atoms with van der Waals surface area (Å²) in [5.41, 5.74) is 1.05. The minimum Gasteiger partial charge on any atom is -0.465 e. The second kappa shape index (κ2) is 6.22. The lowest BCUT2D eigenvalue weighted by atomic mass is 10.1. The number of rotatable bonds is 3. The monoisotopic (exact) mass is 351 g/mol. The van der Waals surface area contributed by atoms with E-state index in [0.717, 1.165) is 10.9 Å². The molecule has 0 radical (unpaired) electrons. The van der Waals surface area contributed by atoms with Gasteiger partial charge in [-0.1, -0.05) is 35.3 Å². The van der Waals surface area contributed by atoms with Gasteiger partial charge in [-0.05, 0) is 24.3 Å². The standard InChI is InChI=1S/C17H12Cl2FNO2/c1-23-17(22)13-4-2-3-11(15(13)20)9-21-6-5-10-7-12(18)8-14(19)16(10)21/h2-8H,9H2,1H3. The highest BCUT2D eigenvalue weighted by Gasteiger charge is 2.16. The van der Waals surface area contributed by atoms with Gasteiger partial charge in [0.05, 0.1) is 29.8 Å². The second-order valence-electron chi connectivity index (χ2n) is 5.04. The van der Waals surface area contributed by atoms with Crippen LogP contribution in [0.1, 0.15) is 15.9 Å². The van der Waals surface area contributed by atoms with Gasteiger partial charge in [-0.2, -0.15) is 0 Å². The number of ether oxygens (including phenoxy) is 1. The summed E-state index contributed by atoms with van der Waals surface area (Å²) >= 11 is 12.2. The van der Waals surface area contributed by atoms with Crippen molar-refractivity contribution in [3.05, 3.63) is 69.6 Å². The molecule has 3 aromatic rings. The third-order valence-electron chi connectivity index (χ3n) is 3.60. The fourth-order valence-electron chi connectivity index (χ4n) is 2.55. The molecule has 0 fully saturated rings. The van der Waals surface area contributed by atoms with E-state index in [1.54, 1.807) is 30.5 Å². The van der Waals surface area contributed by atoms with Gasteiger partial charge in [0.15, 0.2) is 0 Å². The normalized spacial score (nSPS) is 11.0. The molecule has 6 heteroatoms. The van der Waals surface area contributed by atoms with E-state index >= 15 is 0 Å². The van der Waals surface area contributed by atoms with Crippen molar-refractivity contribution in [2.24, 2.45) is 0 Å². The maximum atomic E-state index is 14.5. The molecule has 0 aliphatic heterocycles. The van der Waals surface area contributed by atoms with Crippen molar-refractivity contribution in [1.82, 2.24) is 4.57 Å². The molecule has 3 nitrogen and oxygen atoms in total. The largest absolute Gasteiger partial charge is 0.465 e. The fraction of sp³-hybridized carbons (Fsp3) is 0.118. The molecular formula is C17H12Cl2FNO2. The van der Waals surface area contributed by atoms with Crippen molar-refractivity contribution in [2.45, 2.75) is 6.54 Å². The zero-order valence-electron chi connectivity index (χ0n) is 12.1. The van der Waals surface area contributed by atoms with Gasteiger partial charge in [0, 0.05) is 22.2 Å². The first-order chi connectivity index (χ1) is 11.0. The van der Waals surface area contributed by atoms with Crippen LogP contribution in [0.15, 0.2) is 42.6 Å². The lowest BCUT2D eigenvalue weighted by Gasteiger charge is -2.10. The Morgan fingerprint density at radius 2 is 2.04 bits per heavy atom. The molecule has 2 aromatic carbocycles. The van der Waals surface area contributed by atoms with E-state index in [9.17, 15) is 9.18 Å². The van der Waals surface area contributed by atoms with Crippen LogP contribution in [0, 0.1) is 5.82 Å². The smallest absolute Gasteiger partial charge is 0.340 e. The van der Waals surface area contributed by atoms with Crippen molar-refractivity contribution < 1.29 is 13.9 Å². The second-order valence-corrected chi connectivity index (χ2v) is 5.88. The molecule has 0 spiro atoms. The van der Waals surface area contributed by atoms with Gasteiger partial charge >= 0.3 is 5.97 Å². The Balaban J connectivity index is 2.05. The highest BCUT2D eigenvalue weighted by atomic mass is 35.5. The van der Waals surface area contributed by atoms with Gasteiger partial charge in [0.1, 0.15) is 5.82 Å². The number of carbonyl (C=O) groups is 1. The Labute approximate surface area is 142 Å². The molecule has 0 bridgehead atoms. The summed E-state index contributed by atoms with van der Waals surface area (Å²) in [4.78, 5) is 11.6. The first-order valence-corrected chi connectivity index (χ1v) is 7.56. The van der Waals surface area contributed by atoms with Gasteiger partial charge in [0.25, 0.3) is 0 Å². The summed E-state index contributed by atoms with van der Waals surface area (Å²) in [5.74, 6) is -1.29. The van der Waals surface area contributed by atoms with Crippen molar-refractivity contribution in [2.75, 3.05) is 7.11 Å². The van der Waals surface area contributed by atoms with E-state index in [1.807, 2.05) is 10.6 Å². The minimum absolute atomic E-state index is 0.0874. The molecule has 0 aliphatic rings. The third-order valence-corrected chi connectivity index (χ3v) is 4.11. The Kier molecular flexibility index (Phi) is 4.28. The van der Waals surface area contributed by atoms with Crippen LogP contribution < -0.4 is 0 Å². The molecule has 0 amide bonds. The van der Waals surface area contributed by atoms with E-state index in [2.05, 4.69) is 4.74 Å². The summed E-state index contributed by atoms with van der Waals surface area (Å²) in [7, 11) is 1.22. The number of nitrogens with zero attached hydrogens (tertiary/aromatic N) is 1. The number of aromatic nitrogens is 1. The molecule has 1 aromatic heterocycles. The number of hydrogen-bond acceptors (Lipinski definition) is 2. The average molecular weight is 352 g/mol. The van der Waals surface area contributed by atoms with Gasteiger partial charge in [-0.3, -0.25) is 0 Å². The van der Waals surface area contributed by atoms with Crippen LogP contribution in [-0.2, 0) is 11.3 Å². The zero-order chi connectivity index (χ0) is 16.6. The number of carbonyl (C=O) groups excluding carboxylic acids is 1. The Morgan fingerprint density at radius 1 is 1.26 bits per heavy atom. The van der Waals surface area contributed by atoms with E-state index in [1.165, 1.54) is 13.2 Å². The summed E-state index contributed by atoms with van der Waals surface area (Å²) in [5, 5.41) is 1.90. The molecule has 1 heterocycles. The molecule has 0 unspecified atom stereocenters. The van der Waals surface area contributed by atoms with Crippen LogP contribution in [0.3, 0.4) is 0 Å². The number of fused-ring (bicyclic) bond motifs is 1. The molecule has 0 saturated heterocycles. The number of halogens is 3. The van der Waals surface area contributed by atoms with Gasteiger partial charge in [-0.15, -0.1) is 0 Å². The Bertz CT molecular complexity index is 905. The third kappa shape index (κ3) is 2.92. The summed E-state index contributed by atoms with van der Waals surface area (Å²) < 4.78 is 20.9. The predicted molar refractivity (Wildman–Crippen MR) is 88.8 cm³/mol. The highest BCUT2D eigenvalue weighted by Crippen LogP contribution is 2.29. The molecule has 0 N–H and O–H groups in total. The maximum absolute atomic E-state index is 14.5. The maximum Gasteiger partial charge on any atom is 0.340 e. The molecule has 0 aliphatic carbocycles. The highest BCUT2D eigenvalue weighted by molar-refractivity contribution is 6.38. The van der Waals surface area contributed by atoms with Crippen LogP contribution in [-0.4, -0.2) is 17.6 Å². The van der Waals surface area contributed by atoms with Crippen LogP contribution >= 0.6 is 23.2 Å². The topological polar surface area (TPSA) is 31.2 Å². The minimum atomic E-state index is -0.702. The number of benzene rings is 2. The predicted octanol–water partition coefficient (Wildman–Crippen LogP) is 4.92.